The number of azide groups is 1. The smallest absolute Gasteiger partial charge is 0.295 e. The number of carbonyl (C=O) groups excluding carboxylic acids is 2. The van der Waals surface area contributed by atoms with Gasteiger partial charge in [-0.05, 0) is 29.8 Å². The minimum Gasteiger partial charge on any atom is -0.483 e. The Morgan fingerprint density at radius 1 is 0.792 bits per heavy atom. The highest BCUT2D eigenvalue weighted by atomic mass is 32.2. The summed E-state index contributed by atoms with van der Waals surface area (Å²) in [5, 5.41) is 7.45. The molecule has 0 aliphatic heterocycles. The lowest BCUT2D eigenvalue weighted by Crippen LogP contribution is -2.31. The lowest BCUT2D eigenvalue weighted by Gasteiger charge is -2.19. The molecule has 0 saturated carbocycles. The van der Waals surface area contributed by atoms with Crippen LogP contribution in [0.2, 0.25) is 0 Å². The van der Waals surface area contributed by atoms with Crippen molar-refractivity contribution >= 4 is 80.2 Å². The molecule has 4 aromatic carbocycles. The summed E-state index contributed by atoms with van der Waals surface area (Å²) in [4.78, 5) is 29.0. The van der Waals surface area contributed by atoms with Gasteiger partial charge in [0.15, 0.2) is 6.61 Å². The highest BCUT2D eigenvalue weighted by Gasteiger charge is 2.28. The SMILES string of the molecule is [N-]=[N+]=NCc1ccc(NC(=O)CCNC(=O)COc2cc(S(=O)(=O)O)c3ccc4c(S(=O)(=O)O)cc(S(=O)(=O)O)c5ccc2c3c54)cn1. The zero-order chi connectivity index (χ0) is 35.0. The molecule has 0 radical (unpaired) electrons. The number of benzene rings is 4. The van der Waals surface area contributed by atoms with Crippen molar-refractivity contribution in [3.8, 4) is 5.75 Å². The van der Waals surface area contributed by atoms with Crippen LogP contribution in [0, 0.1) is 0 Å². The lowest BCUT2D eigenvalue weighted by molar-refractivity contribution is -0.123. The number of amides is 2. The van der Waals surface area contributed by atoms with Crippen molar-refractivity contribution in [1.82, 2.24) is 10.3 Å². The largest absolute Gasteiger partial charge is 0.483 e. The normalized spacial score (nSPS) is 12.2. The highest BCUT2D eigenvalue weighted by molar-refractivity contribution is 7.87. The molecule has 1 aromatic heterocycles. The fourth-order valence-electron chi connectivity index (χ4n) is 5.05. The second-order valence-corrected chi connectivity index (χ2v) is 14.3. The third kappa shape index (κ3) is 7.06. The summed E-state index contributed by atoms with van der Waals surface area (Å²) in [5.41, 5.74) is 9.21. The summed E-state index contributed by atoms with van der Waals surface area (Å²) in [5.74, 6) is -1.51. The Bertz CT molecular complexity index is 2450. The fraction of sp³-hybridized carbons (Fsp3) is 0.148. The van der Waals surface area contributed by atoms with Crippen LogP contribution >= 0.6 is 0 Å². The molecular weight excluding hydrogens is 697 g/mol. The molecule has 5 N–H and O–H groups in total. The van der Waals surface area contributed by atoms with Crippen LogP contribution in [0.5, 0.6) is 5.75 Å². The topological polar surface area (TPSA) is 292 Å². The Labute approximate surface area is 270 Å². The van der Waals surface area contributed by atoms with Crippen LogP contribution in [0.1, 0.15) is 12.1 Å². The molecule has 0 saturated heterocycles. The second-order valence-electron chi connectivity index (χ2n) is 10.1. The molecule has 5 aromatic rings. The second kappa shape index (κ2) is 12.8. The third-order valence-electron chi connectivity index (χ3n) is 7.02. The van der Waals surface area contributed by atoms with Gasteiger partial charge in [-0.25, -0.2) is 0 Å². The maximum Gasteiger partial charge on any atom is 0.295 e. The van der Waals surface area contributed by atoms with Gasteiger partial charge in [-0.15, -0.1) is 0 Å². The molecule has 2 amide bonds. The quantitative estimate of drug-likeness (QED) is 0.0408. The van der Waals surface area contributed by atoms with Gasteiger partial charge in [0.2, 0.25) is 5.91 Å². The van der Waals surface area contributed by atoms with Crippen LogP contribution in [0.3, 0.4) is 0 Å². The Morgan fingerprint density at radius 3 is 1.85 bits per heavy atom. The lowest BCUT2D eigenvalue weighted by atomic mass is 9.93. The summed E-state index contributed by atoms with van der Waals surface area (Å²) in [6.07, 6.45) is 1.20. The van der Waals surface area contributed by atoms with E-state index in [-0.39, 0.29) is 57.6 Å². The summed E-state index contributed by atoms with van der Waals surface area (Å²) < 4.78 is 109. The molecule has 0 aliphatic rings. The van der Waals surface area contributed by atoms with E-state index in [4.69, 9.17) is 10.3 Å². The maximum absolute atomic E-state index is 12.6. The van der Waals surface area contributed by atoms with Crippen molar-refractivity contribution in [2.45, 2.75) is 27.7 Å². The highest BCUT2D eigenvalue weighted by Crippen LogP contribution is 2.45. The van der Waals surface area contributed by atoms with Crippen molar-refractivity contribution in [1.29, 1.82) is 0 Å². The average molecular weight is 719 g/mol. The van der Waals surface area contributed by atoms with Crippen molar-refractivity contribution in [3.05, 3.63) is 70.9 Å². The summed E-state index contributed by atoms with van der Waals surface area (Å²) in [6, 6.07) is 9.25. The van der Waals surface area contributed by atoms with E-state index in [1.54, 1.807) is 12.1 Å². The molecule has 0 spiro atoms. The van der Waals surface area contributed by atoms with E-state index in [1.165, 1.54) is 18.3 Å². The number of nitrogens with one attached hydrogen (secondary N) is 2. The van der Waals surface area contributed by atoms with Gasteiger partial charge < -0.3 is 15.4 Å². The van der Waals surface area contributed by atoms with Gasteiger partial charge in [-0.2, -0.15) is 25.3 Å². The van der Waals surface area contributed by atoms with E-state index in [9.17, 15) is 48.5 Å². The van der Waals surface area contributed by atoms with Crippen LogP contribution in [-0.2, 0) is 46.5 Å². The van der Waals surface area contributed by atoms with E-state index >= 15 is 0 Å². The molecule has 0 aliphatic carbocycles. The Balaban J connectivity index is 1.42. The van der Waals surface area contributed by atoms with Crippen LogP contribution in [0.4, 0.5) is 5.69 Å². The van der Waals surface area contributed by atoms with Crippen molar-refractivity contribution < 1.29 is 53.2 Å². The standard InChI is InChI=1S/C27H22N6O12S3/c28-33-31-12-14-1-2-15(11-30-14)32-24(34)7-8-29-25(35)13-45-20-9-21(46(36,37)38)17-5-6-19-23(48(42,43)44)10-22(47(39,40)41)18-4-3-16(20)26(17)27(18)19/h1-6,9-11H,7-8,12-13H2,(H,29,35)(H,32,34)(H,36,37,38)(H,39,40,41)(H,42,43,44). The molecule has 18 nitrogen and oxygen atoms in total. The van der Waals surface area contributed by atoms with Gasteiger partial charge in [0.05, 0.1) is 18.4 Å². The van der Waals surface area contributed by atoms with E-state index in [2.05, 4.69) is 25.6 Å². The predicted octanol–water partition coefficient (Wildman–Crippen LogP) is 3.05. The third-order valence-corrected chi connectivity index (χ3v) is 9.70. The number of ether oxygens (including phenoxy) is 1. The number of nitrogens with zero attached hydrogens (tertiary/aromatic N) is 4. The van der Waals surface area contributed by atoms with Gasteiger partial charge in [-0.3, -0.25) is 28.2 Å². The van der Waals surface area contributed by atoms with E-state index in [0.717, 1.165) is 18.2 Å². The first kappa shape index (κ1) is 34.2. The van der Waals surface area contributed by atoms with Crippen molar-refractivity contribution in [3.63, 3.8) is 0 Å². The van der Waals surface area contributed by atoms with E-state index < -0.39 is 63.5 Å². The molecule has 0 bridgehead atoms. The molecule has 21 heteroatoms. The molecule has 5 rings (SSSR count). The number of hydrogen-bond donors (Lipinski definition) is 5. The van der Waals surface area contributed by atoms with Gasteiger partial charge in [0, 0.05) is 62.0 Å². The Hall–Kier alpha value is -5.15. The van der Waals surface area contributed by atoms with Crippen molar-refractivity contribution in [2.75, 3.05) is 18.5 Å². The first-order valence-corrected chi connectivity index (χ1v) is 17.7. The summed E-state index contributed by atoms with van der Waals surface area (Å²) >= 11 is 0. The molecular formula is C27H22N6O12S3. The van der Waals surface area contributed by atoms with Crippen LogP contribution in [0.25, 0.3) is 42.8 Å². The first-order valence-electron chi connectivity index (χ1n) is 13.3. The van der Waals surface area contributed by atoms with Crippen LogP contribution < -0.4 is 15.4 Å². The van der Waals surface area contributed by atoms with Gasteiger partial charge in [-0.1, -0.05) is 23.3 Å². The molecule has 0 fully saturated rings. The Morgan fingerprint density at radius 2 is 1.33 bits per heavy atom. The predicted molar refractivity (Wildman–Crippen MR) is 168 cm³/mol. The molecule has 0 atom stereocenters. The minimum atomic E-state index is -5.09. The Kier molecular flexibility index (Phi) is 9.12. The number of aromatic nitrogens is 1. The summed E-state index contributed by atoms with van der Waals surface area (Å²) in [7, 11) is -15.2. The van der Waals surface area contributed by atoms with E-state index in [1.807, 2.05) is 0 Å². The average Bonchev–Trinajstić information content (AvgIpc) is 3.00. The van der Waals surface area contributed by atoms with Crippen LogP contribution in [0.15, 0.2) is 74.5 Å². The number of pyridine rings is 1. The van der Waals surface area contributed by atoms with Crippen LogP contribution in [-0.4, -0.2) is 68.9 Å². The number of carbonyl (C=O) groups is 2. The number of anilines is 1. The minimum absolute atomic E-state index is 0.0362. The first-order chi connectivity index (χ1) is 22.5. The molecule has 250 valence electrons. The summed E-state index contributed by atoms with van der Waals surface area (Å²) in [6.45, 7) is -0.823. The zero-order valence-electron chi connectivity index (χ0n) is 24.1. The van der Waals surface area contributed by atoms with Gasteiger partial charge in [0.25, 0.3) is 36.3 Å². The molecule has 48 heavy (non-hydrogen) atoms. The molecule has 0 unspecified atom stereocenters. The van der Waals surface area contributed by atoms with Gasteiger partial charge in [0.1, 0.15) is 20.4 Å². The zero-order valence-corrected chi connectivity index (χ0v) is 26.5. The fourth-order valence-corrected chi connectivity index (χ4v) is 7.26. The maximum atomic E-state index is 12.6. The number of rotatable bonds is 12. The molecule has 1 heterocycles. The van der Waals surface area contributed by atoms with Crippen molar-refractivity contribution in [2.24, 2.45) is 5.11 Å². The number of hydrogen-bond acceptors (Lipinski definition) is 11. The monoisotopic (exact) mass is 718 g/mol. The van der Waals surface area contributed by atoms with E-state index in [0.29, 0.717) is 17.4 Å². The van der Waals surface area contributed by atoms with Gasteiger partial charge >= 0.3 is 0 Å².